The molecule has 93 valence electrons. The molecule has 1 N–H and O–H groups in total. The van der Waals surface area contributed by atoms with Gasteiger partial charge in [0.2, 0.25) is 5.79 Å². The van der Waals surface area contributed by atoms with Crippen LogP contribution in [0.3, 0.4) is 0 Å². The molecule has 1 aromatic carbocycles. The Morgan fingerprint density at radius 2 is 2.12 bits per heavy atom. The Kier molecular flexibility index (Phi) is 2.99. The van der Waals surface area contributed by atoms with Gasteiger partial charge >= 0.3 is 7.82 Å². The Hall–Kier alpha value is -0.950. The lowest BCUT2D eigenvalue weighted by molar-refractivity contribution is -0.238. The van der Waals surface area contributed by atoms with Gasteiger partial charge in [0.15, 0.2) is 0 Å². The van der Waals surface area contributed by atoms with E-state index in [0.29, 0.717) is 5.56 Å². The van der Waals surface area contributed by atoms with Gasteiger partial charge in [-0.05, 0) is 13.0 Å². The van der Waals surface area contributed by atoms with Gasteiger partial charge in [0.1, 0.15) is 5.69 Å². The van der Waals surface area contributed by atoms with Crippen LogP contribution >= 0.6 is 7.82 Å². The number of fused-ring (bicyclic) bond motifs is 1. The van der Waals surface area contributed by atoms with Gasteiger partial charge in [-0.1, -0.05) is 28.6 Å². The SMILES string of the molecule is COP(=O)(O)OC1(C)ON([O])c2ccccc21. The summed E-state index contributed by atoms with van der Waals surface area (Å²) in [5, 5.41) is 11.7. The lowest BCUT2D eigenvalue weighted by Gasteiger charge is -2.24. The van der Waals surface area contributed by atoms with E-state index in [1.807, 2.05) is 0 Å². The molecule has 0 saturated heterocycles. The molecule has 1 radical (unpaired) electrons. The van der Waals surface area contributed by atoms with Crippen LogP contribution in [0.2, 0.25) is 0 Å². The van der Waals surface area contributed by atoms with Crippen LogP contribution in [0, 0.1) is 0 Å². The molecule has 17 heavy (non-hydrogen) atoms. The lowest BCUT2D eigenvalue weighted by Crippen LogP contribution is -2.27. The van der Waals surface area contributed by atoms with Crippen LogP contribution in [0.1, 0.15) is 12.5 Å². The molecule has 0 amide bonds. The molecule has 1 heterocycles. The summed E-state index contributed by atoms with van der Waals surface area (Å²) >= 11 is 0. The van der Waals surface area contributed by atoms with Crippen molar-refractivity contribution < 1.29 is 28.6 Å². The van der Waals surface area contributed by atoms with Crippen LogP contribution in [-0.4, -0.2) is 12.0 Å². The second-order valence-corrected chi connectivity index (χ2v) is 5.04. The van der Waals surface area contributed by atoms with Gasteiger partial charge in [-0.3, -0.25) is 4.52 Å². The third-order valence-corrected chi connectivity index (χ3v) is 3.41. The van der Waals surface area contributed by atoms with Crippen molar-refractivity contribution in [2.75, 3.05) is 12.3 Å². The summed E-state index contributed by atoms with van der Waals surface area (Å²) in [4.78, 5) is 14.2. The highest BCUT2D eigenvalue weighted by Crippen LogP contribution is 2.53. The quantitative estimate of drug-likeness (QED) is 0.832. The van der Waals surface area contributed by atoms with Crippen LogP contribution < -0.4 is 5.23 Å². The number of benzene rings is 1. The van der Waals surface area contributed by atoms with Crippen molar-refractivity contribution in [3.8, 4) is 0 Å². The zero-order chi connectivity index (χ0) is 12.7. The second kappa shape index (κ2) is 4.06. The lowest BCUT2D eigenvalue weighted by atomic mass is 10.1. The molecule has 2 rings (SSSR count). The standard InChI is InChI=1S/C9H11NO6P/c1-9(16-17(12,13)14-2)7-5-3-4-6-8(7)10(11)15-9/h3-6H,1-2H3,(H,12,13). The highest BCUT2D eigenvalue weighted by Gasteiger charge is 2.47. The van der Waals surface area contributed by atoms with Crippen molar-refractivity contribution in [2.45, 2.75) is 12.7 Å². The van der Waals surface area contributed by atoms with Crippen molar-refractivity contribution in [1.29, 1.82) is 0 Å². The molecule has 0 saturated carbocycles. The fourth-order valence-corrected chi connectivity index (χ4v) is 2.24. The van der Waals surface area contributed by atoms with Crippen LogP contribution in [0.25, 0.3) is 0 Å². The molecule has 0 aliphatic carbocycles. The molecule has 1 aliphatic rings. The van der Waals surface area contributed by atoms with Gasteiger partial charge in [-0.2, -0.15) is 0 Å². The number of hydrogen-bond acceptors (Lipinski definition) is 5. The number of phosphoric ester groups is 1. The molecule has 2 atom stereocenters. The molecule has 1 aliphatic heterocycles. The van der Waals surface area contributed by atoms with Gasteiger partial charge in [-0.25, -0.2) is 13.9 Å². The number of phosphoric acid groups is 1. The van der Waals surface area contributed by atoms with E-state index in [1.54, 1.807) is 18.2 Å². The third kappa shape index (κ3) is 2.21. The van der Waals surface area contributed by atoms with Crippen LogP contribution in [0.15, 0.2) is 24.3 Å². The molecular formula is C9H11NO6P. The minimum atomic E-state index is -4.26. The Labute approximate surface area is 97.7 Å². The van der Waals surface area contributed by atoms with Gasteiger partial charge in [0, 0.05) is 12.7 Å². The number of rotatable bonds is 3. The predicted molar refractivity (Wildman–Crippen MR) is 56.0 cm³/mol. The Morgan fingerprint density at radius 1 is 1.47 bits per heavy atom. The zero-order valence-electron chi connectivity index (χ0n) is 9.19. The van der Waals surface area contributed by atoms with Gasteiger partial charge in [-0.15, -0.1) is 0 Å². The molecule has 0 spiro atoms. The van der Waals surface area contributed by atoms with Crippen molar-refractivity contribution in [2.24, 2.45) is 0 Å². The maximum atomic E-state index is 11.5. The first-order valence-corrected chi connectivity index (χ1v) is 6.23. The van der Waals surface area contributed by atoms with Gasteiger partial charge in [0.25, 0.3) is 0 Å². The maximum Gasteiger partial charge on any atom is 0.474 e. The molecule has 0 fully saturated rings. The summed E-state index contributed by atoms with van der Waals surface area (Å²) in [6, 6.07) is 6.40. The van der Waals surface area contributed by atoms with E-state index in [-0.39, 0.29) is 10.9 Å². The van der Waals surface area contributed by atoms with Crippen LogP contribution in [0.5, 0.6) is 0 Å². The molecule has 0 bridgehead atoms. The maximum absolute atomic E-state index is 11.5. The molecule has 1 aromatic rings. The summed E-state index contributed by atoms with van der Waals surface area (Å²) in [6.45, 7) is 1.37. The average Bonchev–Trinajstić information content (AvgIpc) is 2.51. The predicted octanol–water partition coefficient (Wildman–Crippen LogP) is 1.72. The third-order valence-electron chi connectivity index (χ3n) is 2.37. The zero-order valence-corrected chi connectivity index (χ0v) is 10.1. The van der Waals surface area contributed by atoms with Gasteiger partial charge in [0.05, 0.1) is 0 Å². The normalized spacial score (nSPS) is 26.7. The summed E-state index contributed by atoms with van der Waals surface area (Å²) in [5.74, 6) is -1.64. The largest absolute Gasteiger partial charge is 0.474 e. The Balaban J connectivity index is 2.38. The minimum Gasteiger partial charge on any atom is -0.302 e. The minimum absolute atomic E-state index is 0.228. The van der Waals surface area contributed by atoms with Crippen molar-refractivity contribution in [3.63, 3.8) is 0 Å². The van der Waals surface area contributed by atoms with Gasteiger partial charge < -0.3 is 4.89 Å². The summed E-state index contributed by atoms with van der Waals surface area (Å²) in [6.07, 6.45) is 0. The monoisotopic (exact) mass is 260 g/mol. The fourth-order valence-electron chi connectivity index (χ4n) is 1.60. The summed E-state index contributed by atoms with van der Waals surface area (Å²) < 4.78 is 20.5. The highest BCUT2D eigenvalue weighted by molar-refractivity contribution is 7.47. The number of hydrogen-bond donors (Lipinski definition) is 1. The van der Waals surface area contributed by atoms with E-state index >= 15 is 0 Å². The van der Waals surface area contributed by atoms with Crippen molar-refractivity contribution in [3.05, 3.63) is 29.8 Å². The van der Waals surface area contributed by atoms with E-state index in [9.17, 15) is 14.7 Å². The number of nitrogens with zero attached hydrogens (tertiary/aromatic N) is 1. The van der Waals surface area contributed by atoms with Crippen molar-refractivity contribution >= 4 is 13.5 Å². The molecule has 8 heteroatoms. The molecule has 2 unspecified atom stereocenters. The highest BCUT2D eigenvalue weighted by atomic mass is 31.2. The fraction of sp³-hybridized carbons (Fsp3) is 0.333. The first-order valence-electron chi connectivity index (χ1n) is 4.73. The molecule has 0 aromatic heterocycles. The van der Waals surface area contributed by atoms with E-state index in [0.717, 1.165) is 7.11 Å². The van der Waals surface area contributed by atoms with Crippen LogP contribution in [0.4, 0.5) is 5.69 Å². The first-order chi connectivity index (χ1) is 7.88. The Morgan fingerprint density at radius 3 is 2.76 bits per heavy atom. The van der Waals surface area contributed by atoms with Crippen molar-refractivity contribution in [1.82, 2.24) is 0 Å². The summed E-state index contributed by atoms with van der Waals surface area (Å²) in [5.41, 5.74) is 0.590. The second-order valence-electron chi connectivity index (χ2n) is 3.55. The number of anilines is 1. The molecular weight excluding hydrogens is 249 g/mol. The summed E-state index contributed by atoms with van der Waals surface area (Å²) in [7, 11) is -3.23. The topological polar surface area (TPSA) is 88.1 Å². The Bertz CT molecular complexity index is 480. The molecule has 7 nitrogen and oxygen atoms in total. The van der Waals surface area contributed by atoms with E-state index in [2.05, 4.69) is 4.52 Å². The van der Waals surface area contributed by atoms with E-state index < -0.39 is 13.6 Å². The number of para-hydroxylation sites is 1. The van der Waals surface area contributed by atoms with E-state index in [1.165, 1.54) is 13.0 Å². The average molecular weight is 260 g/mol. The first kappa shape index (κ1) is 12.5. The van der Waals surface area contributed by atoms with Crippen LogP contribution in [-0.2, 0) is 29.4 Å². The van der Waals surface area contributed by atoms with E-state index in [4.69, 9.17) is 9.36 Å². The smallest absolute Gasteiger partial charge is 0.302 e.